The van der Waals surface area contributed by atoms with Crippen molar-refractivity contribution in [3.05, 3.63) is 0 Å². The highest BCUT2D eigenvalue weighted by atomic mass is 16.5. The number of esters is 1. The van der Waals surface area contributed by atoms with Gasteiger partial charge in [-0.3, -0.25) is 4.79 Å². The SMILES string of the molecule is CC(=O)O[C@H]1CC2(C[C@@H]1C)[C@H]1CC[C@H](C1)[C@H]2N. The number of ether oxygens (including phenoxy) is 1. The lowest BCUT2D eigenvalue weighted by Gasteiger charge is -2.39. The van der Waals surface area contributed by atoms with Crippen LogP contribution in [-0.2, 0) is 9.53 Å². The van der Waals surface area contributed by atoms with Crippen LogP contribution in [-0.4, -0.2) is 18.1 Å². The van der Waals surface area contributed by atoms with Crippen LogP contribution in [0.2, 0.25) is 0 Å². The Kier molecular flexibility index (Phi) is 2.51. The first-order chi connectivity index (χ1) is 8.03. The number of fused-ring (bicyclic) bond motifs is 3. The fraction of sp³-hybridized carbons (Fsp3) is 0.929. The Morgan fingerprint density at radius 2 is 2.12 bits per heavy atom. The van der Waals surface area contributed by atoms with Crippen molar-refractivity contribution in [1.82, 2.24) is 0 Å². The molecule has 96 valence electrons. The van der Waals surface area contributed by atoms with Crippen molar-refractivity contribution in [2.45, 2.75) is 58.1 Å². The van der Waals surface area contributed by atoms with Gasteiger partial charge in [-0.2, -0.15) is 0 Å². The number of hydrogen-bond acceptors (Lipinski definition) is 3. The second-order valence-corrected chi connectivity index (χ2v) is 6.56. The summed E-state index contributed by atoms with van der Waals surface area (Å²) in [5.74, 6) is 1.87. The number of carbonyl (C=O) groups is 1. The molecule has 3 fully saturated rings. The molecule has 1 spiro atoms. The third-order valence-corrected chi connectivity index (χ3v) is 5.69. The van der Waals surface area contributed by atoms with E-state index in [0.29, 0.717) is 17.4 Å². The summed E-state index contributed by atoms with van der Waals surface area (Å²) < 4.78 is 5.47. The van der Waals surface area contributed by atoms with Gasteiger partial charge >= 0.3 is 5.97 Å². The highest BCUT2D eigenvalue weighted by molar-refractivity contribution is 5.66. The van der Waals surface area contributed by atoms with E-state index < -0.39 is 0 Å². The molecule has 0 saturated heterocycles. The van der Waals surface area contributed by atoms with Crippen molar-refractivity contribution in [3.8, 4) is 0 Å². The van der Waals surface area contributed by atoms with E-state index in [0.717, 1.165) is 24.7 Å². The third kappa shape index (κ3) is 1.55. The van der Waals surface area contributed by atoms with Gasteiger partial charge in [0.15, 0.2) is 0 Å². The smallest absolute Gasteiger partial charge is 0.302 e. The van der Waals surface area contributed by atoms with Crippen molar-refractivity contribution in [3.63, 3.8) is 0 Å². The molecule has 0 aromatic heterocycles. The molecule has 3 aliphatic rings. The summed E-state index contributed by atoms with van der Waals surface area (Å²) in [6, 6.07) is 0.351. The van der Waals surface area contributed by atoms with E-state index >= 15 is 0 Å². The molecule has 2 N–H and O–H groups in total. The first kappa shape index (κ1) is 11.5. The maximum absolute atomic E-state index is 11.1. The molecule has 0 radical (unpaired) electrons. The Morgan fingerprint density at radius 1 is 1.35 bits per heavy atom. The second-order valence-electron chi connectivity index (χ2n) is 6.56. The Balaban J connectivity index is 1.80. The maximum atomic E-state index is 11.1. The summed E-state index contributed by atoms with van der Waals surface area (Å²) in [7, 11) is 0. The van der Waals surface area contributed by atoms with E-state index in [4.69, 9.17) is 10.5 Å². The molecular weight excluding hydrogens is 214 g/mol. The van der Waals surface area contributed by atoms with E-state index in [1.807, 2.05) is 0 Å². The van der Waals surface area contributed by atoms with Gasteiger partial charge in [-0.05, 0) is 55.3 Å². The molecule has 6 atom stereocenters. The van der Waals surface area contributed by atoms with Crippen LogP contribution < -0.4 is 5.73 Å². The highest BCUT2D eigenvalue weighted by Crippen LogP contribution is 2.63. The van der Waals surface area contributed by atoms with Crippen LogP contribution >= 0.6 is 0 Å². The van der Waals surface area contributed by atoms with Crippen molar-refractivity contribution in [2.75, 3.05) is 0 Å². The van der Waals surface area contributed by atoms with Crippen molar-refractivity contribution in [1.29, 1.82) is 0 Å². The monoisotopic (exact) mass is 237 g/mol. The van der Waals surface area contributed by atoms with Gasteiger partial charge in [-0.15, -0.1) is 0 Å². The predicted octanol–water partition coefficient (Wildman–Crippen LogP) is 2.09. The Hall–Kier alpha value is -0.570. The zero-order chi connectivity index (χ0) is 12.2. The molecule has 3 nitrogen and oxygen atoms in total. The van der Waals surface area contributed by atoms with Gasteiger partial charge in [-0.25, -0.2) is 0 Å². The van der Waals surface area contributed by atoms with Crippen molar-refractivity contribution in [2.24, 2.45) is 28.9 Å². The zero-order valence-corrected chi connectivity index (χ0v) is 10.8. The average molecular weight is 237 g/mol. The molecule has 3 heteroatoms. The van der Waals surface area contributed by atoms with Crippen LogP contribution in [0.3, 0.4) is 0 Å². The molecule has 0 aromatic carbocycles. The van der Waals surface area contributed by atoms with Gasteiger partial charge in [0.1, 0.15) is 6.10 Å². The molecule has 2 bridgehead atoms. The molecule has 0 aromatic rings. The summed E-state index contributed by atoms with van der Waals surface area (Å²) in [6.07, 6.45) is 6.26. The van der Waals surface area contributed by atoms with E-state index in [2.05, 4.69) is 6.92 Å². The first-order valence-electron chi connectivity index (χ1n) is 6.96. The molecule has 3 aliphatic carbocycles. The minimum atomic E-state index is -0.143. The van der Waals surface area contributed by atoms with Gasteiger partial charge in [0.2, 0.25) is 0 Å². The van der Waals surface area contributed by atoms with Gasteiger partial charge in [0.05, 0.1) is 0 Å². The molecule has 0 aliphatic heterocycles. The van der Waals surface area contributed by atoms with Crippen molar-refractivity contribution < 1.29 is 9.53 Å². The fourth-order valence-electron chi connectivity index (χ4n) is 4.97. The first-order valence-corrected chi connectivity index (χ1v) is 6.96. The van der Waals surface area contributed by atoms with Crippen LogP contribution in [0, 0.1) is 23.2 Å². The molecule has 3 rings (SSSR count). The fourth-order valence-corrected chi connectivity index (χ4v) is 4.97. The van der Waals surface area contributed by atoms with E-state index in [1.54, 1.807) is 0 Å². The van der Waals surface area contributed by atoms with Crippen LogP contribution in [0.4, 0.5) is 0 Å². The Bertz CT molecular complexity index is 339. The highest BCUT2D eigenvalue weighted by Gasteiger charge is 2.61. The molecule has 3 saturated carbocycles. The lowest BCUT2D eigenvalue weighted by atomic mass is 9.68. The standard InChI is InChI=1S/C14H23NO2/c1-8-6-14(7-12(8)17-9(2)16)11-4-3-10(5-11)13(14)15/h8,10-13H,3-7,15H2,1-2H3/t8-,10+,11-,12-,13+,14?/m0/s1. The Labute approximate surface area is 103 Å². The zero-order valence-electron chi connectivity index (χ0n) is 10.8. The quantitative estimate of drug-likeness (QED) is 0.710. The van der Waals surface area contributed by atoms with Crippen molar-refractivity contribution >= 4 is 5.97 Å². The van der Waals surface area contributed by atoms with E-state index in [1.165, 1.54) is 26.2 Å². The summed E-state index contributed by atoms with van der Waals surface area (Å²) in [5, 5.41) is 0. The van der Waals surface area contributed by atoms with Crippen LogP contribution in [0.1, 0.15) is 46.0 Å². The molecule has 1 unspecified atom stereocenters. The largest absolute Gasteiger partial charge is 0.462 e. The summed E-state index contributed by atoms with van der Waals surface area (Å²) >= 11 is 0. The number of carbonyl (C=O) groups excluding carboxylic acids is 1. The van der Waals surface area contributed by atoms with Gasteiger partial charge in [0.25, 0.3) is 0 Å². The van der Waals surface area contributed by atoms with Crippen LogP contribution in [0.5, 0.6) is 0 Å². The predicted molar refractivity (Wildman–Crippen MR) is 65.2 cm³/mol. The van der Waals surface area contributed by atoms with Gasteiger partial charge in [-0.1, -0.05) is 6.92 Å². The Morgan fingerprint density at radius 3 is 2.71 bits per heavy atom. The second kappa shape index (κ2) is 3.71. The van der Waals surface area contributed by atoms with E-state index in [-0.39, 0.29) is 12.1 Å². The normalized spacial score (nSPS) is 52.3. The summed E-state index contributed by atoms with van der Waals surface area (Å²) in [5.41, 5.74) is 6.77. The lowest BCUT2D eigenvalue weighted by Crippen LogP contribution is -2.45. The average Bonchev–Trinajstić information content (AvgIpc) is 2.87. The summed E-state index contributed by atoms with van der Waals surface area (Å²) in [6.45, 7) is 3.72. The molecule has 0 heterocycles. The summed E-state index contributed by atoms with van der Waals surface area (Å²) in [4.78, 5) is 11.1. The van der Waals surface area contributed by atoms with Gasteiger partial charge < -0.3 is 10.5 Å². The molecular formula is C14H23NO2. The van der Waals surface area contributed by atoms with Gasteiger partial charge in [0, 0.05) is 13.0 Å². The van der Waals surface area contributed by atoms with E-state index in [9.17, 15) is 4.79 Å². The van der Waals surface area contributed by atoms with Crippen LogP contribution in [0.15, 0.2) is 0 Å². The molecule has 0 amide bonds. The lowest BCUT2D eigenvalue weighted by molar-refractivity contribution is -0.148. The number of nitrogens with two attached hydrogens (primary N) is 1. The molecule has 17 heavy (non-hydrogen) atoms. The minimum absolute atomic E-state index is 0.109. The number of rotatable bonds is 1. The topological polar surface area (TPSA) is 52.3 Å². The maximum Gasteiger partial charge on any atom is 0.302 e. The third-order valence-electron chi connectivity index (χ3n) is 5.69. The minimum Gasteiger partial charge on any atom is -0.462 e. The number of hydrogen-bond donors (Lipinski definition) is 1. The van der Waals surface area contributed by atoms with Crippen LogP contribution in [0.25, 0.3) is 0 Å².